The molecule has 2 atom stereocenters. The minimum absolute atomic E-state index is 0.917. The van der Waals surface area contributed by atoms with Crippen LogP contribution in [0.2, 0.25) is 0 Å². The first kappa shape index (κ1) is 5.87. The van der Waals surface area contributed by atoms with Gasteiger partial charge in [0.25, 0.3) is 0 Å². The van der Waals surface area contributed by atoms with Gasteiger partial charge in [0, 0.05) is 0 Å². The van der Waals surface area contributed by atoms with E-state index in [1.54, 1.807) is 0 Å². The summed E-state index contributed by atoms with van der Waals surface area (Å²) in [7, 11) is 0. The molecule has 0 fully saturated rings. The van der Waals surface area contributed by atoms with Gasteiger partial charge >= 0.3 is 0 Å². The lowest BCUT2D eigenvalue weighted by Gasteiger charge is -2.19. The van der Waals surface area contributed by atoms with E-state index >= 15 is 0 Å². The molecule has 0 unspecified atom stereocenters. The van der Waals surface area contributed by atoms with Gasteiger partial charge in [-0.1, -0.05) is 26.0 Å². The van der Waals surface area contributed by atoms with Crippen molar-refractivity contribution in [1.82, 2.24) is 0 Å². The Morgan fingerprint density at radius 1 is 1.00 bits per heavy atom. The van der Waals surface area contributed by atoms with Crippen molar-refractivity contribution in [2.75, 3.05) is 0 Å². The molecule has 0 amide bonds. The largest absolute Gasteiger partial charge is 0.0883 e. The van der Waals surface area contributed by atoms with Gasteiger partial charge in [-0.15, -0.1) is 0 Å². The monoisotopic (exact) mass is 110 g/mol. The second-order valence-corrected chi connectivity index (χ2v) is 2.90. The van der Waals surface area contributed by atoms with E-state index in [0.717, 1.165) is 11.8 Å². The maximum Gasteiger partial charge on any atom is -0.0322 e. The van der Waals surface area contributed by atoms with Crippen LogP contribution in [0.25, 0.3) is 0 Å². The van der Waals surface area contributed by atoms with E-state index in [4.69, 9.17) is 0 Å². The fourth-order valence-electron chi connectivity index (χ4n) is 1.09. The van der Waals surface area contributed by atoms with Crippen LogP contribution in [0.15, 0.2) is 12.2 Å². The second-order valence-electron chi connectivity index (χ2n) is 2.90. The lowest BCUT2D eigenvalue weighted by atomic mass is 9.86. The molecule has 0 saturated heterocycles. The Morgan fingerprint density at radius 2 is 1.38 bits per heavy atom. The summed E-state index contributed by atoms with van der Waals surface area (Å²) in [6, 6.07) is 0. The third kappa shape index (κ3) is 1.12. The van der Waals surface area contributed by atoms with Crippen LogP contribution in [0.3, 0.4) is 0 Å². The molecule has 0 aromatic carbocycles. The van der Waals surface area contributed by atoms with E-state index in [9.17, 15) is 0 Å². The molecular formula is C8H14. The zero-order chi connectivity index (χ0) is 5.98. The predicted molar refractivity (Wildman–Crippen MR) is 36.7 cm³/mol. The van der Waals surface area contributed by atoms with Crippen LogP contribution in [-0.2, 0) is 0 Å². The molecule has 0 spiro atoms. The van der Waals surface area contributed by atoms with Gasteiger partial charge in [-0.25, -0.2) is 0 Å². The zero-order valence-corrected chi connectivity index (χ0v) is 5.72. The van der Waals surface area contributed by atoms with Gasteiger partial charge in [-0.3, -0.25) is 0 Å². The molecule has 0 aromatic heterocycles. The molecule has 0 nitrogen and oxygen atoms in total. The fraction of sp³-hybridized carbons (Fsp3) is 0.750. The predicted octanol–water partition coefficient (Wildman–Crippen LogP) is 2.61. The SMILES string of the molecule is C[C@@H]1CC=CC[C@@H]1C. The van der Waals surface area contributed by atoms with Crippen molar-refractivity contribution >= 4 is 0 Å². The van der Waals surface area contributed by atoms with Crippen LogP contribution >= 0.6 is 0 Å². The minimum Gasteiger partial charge on any atom is -0.0883 e. The maximum atomic E-state index is 2.33. The van der Waals surface area contributed by atoms with Crippen molar-refractivity contribution in [3.63, 3.8) is 0 Å². The zero-order valence-electron chi connectivity index (χ0n) is 5.72. The van der Waals surface area contributed by atoms with Crippen LogP contribution in [0.5, 0.6) is 0 Å². The summed E-state index contributed by atoms with van der Waals surface area (Å²) in [6.07, 6.45) is 7.18. The van der Waals surface area contributed by atoms with Crippen LogP contribution < -0.4 is 0 Å². The van der Waals surface area contributed by atoms with Gasteiger partial charge in [0.1, 0.15) is 0 Å². The van der Waals surface area contributed by atoms with Crippen molar-refractivity contribution in [2.24, 2.45) is 11.8 Å². The standard InChI is InChI=1S/C8H14/c1-7-5-3-4-6-8(7)2/h3-4,7-8H,5-6H2,1-2H3/t7-,8+. The maximum absolute atomic E-state index is 2.33. The van der Waals surface area contributed by atoms with Crippen molar-refractivity contribution in [2.45, 2.75) is 26.7 Å². The lowest BCUT2D eigenvalue weighted by Crippen LogP contribution is -2.08. The average molecular weight is 110 g/mol. The van der Waals surface area contributed by atoms with E-state index in [1.807, 2.05) is 0 Å². The third-order valence-corrected chi connectivity index (χ3v) is 2.15. The Hall–Kier alpha value is -0.260. The molecule has 46 valence electrons. The second kappa shape index (κ2) is 2.34. The Bertz CT molecular complexity index is 80.2. The summed E-state index contributed by atoms with van der Waals surface area (Å²) in [5.74, 6) is 1.83. The van der Waals surface area contributed by atoms with Gasteiger partial charge in [0.05, 0.1) is 0 Å². The van der Waals surface area contributed by atoms with Crippen molar-refractivity contribution in [3.05, 3.63) is 12.2 Å². The highest BCUT2D eigenvalue weighted by Gasteiger charge is 2.11. The Labute approximate surface area is 51.6 Å². The molecule has 0 saturated carbocycles. The van der Waals surface area contributed by atoms with Crippen LogP contribution in [-0.4, -0.2) is 0 Å². The number of rotatable bonds is 0. The van der Waals surface area contributed by atoms with Crippen LogP contribution in [0, 0.1) is 11.8 Å². The molecule has 0 radical (unpaired) electrons. The summed E-state index contributed by atoms with van der Waals surface area (Å²) in [5.41, 5.74) is 0. The fourth-order valence-corrected chi connectivity index (χ4v) is 1.09. The Kier molecular flexibility index (Phi) is 1.72. The average Bonchev–Trinajstić information content (AvgIpc) is 1.77. The van der Waals surface area contributed by atoms with Gasteiger partial charge in [0.15, 0.2) is 0 Å². The van der Waals surface area contributed by atoms with Gasteiger partial charge in [-0.05, 0) is 24.7 Å². The van der Waals surface area contributed by atoms with Crippen molar-refractivity contribution in [3.8, 4) is 0 Å². The quantitative estimate of drug-likeness (QED) is 0.420. The first-order chi connectivity index (χ1) is 3.80. The number of hydrogen-bond acceptors (Lipinski definition) is 0. The molecule has 0 aliphatic heterocycles. The van der Waals surface area contributed by atoms with Crippen molar-refractivity contribution in [1.29, 1.82) is 0 Å². The van der Waals surface area contributed by atoms with Crippen molar-refractivity contribution < 1.29 is 0 Å². The highest BCUT2D eigenvalue weighted by molar-refractivity contribution is 4.91. The summed E-state index contributed by atoms with van der Waals surface area (Å²) in [4.78, 5) is 0. The first-order valence-corrected chi connectivity index (χ1v) is 3.45. The highest BCUT2D eigenvalue weighted by atomic mass is 14.2. The third-order valence-electron chi connectivity index (χ3n) is 2.15. The molecular weight excluding hydrogens is 96.1 g/mol. The van der Waals surface area contributed by atoms with Crippen LogP contribution in [0.1, 0.15) is 26.7 Å². The molecule has 0 aromatic rings. The minimum atomic E-state index is 0.917. The molecule has 8 heavy (non-hydrogen) atoms. The van der Waals surface area contributed by atoms with E-state index < -0.39 is 0 Å². The summed E-state index contributed by atoms with van der Waals surface area (Å²) >= 11 is 0. The molecule has 1 aliphatic carbocycles. The molecule has 0 N–H and O–H groups in total. The van der Waals surface area contributed by atoms with Gasteiger partial charge in [0.2, 0.25) is 0 Å². The topological polar surface area (TPSA) is 0 Å². The molecule has 1 rings (SSSR count). The number of hydrogen-bond donors (Lipinski definition) is 0. The first-order valence-electron chi connectivity index (χ1n) is 3.45. The van der Waals surface area contributed by atoms with E-state index in [2.05, 4.69) is 26.0 Å². The molecule has 0 heterocycles. The smallest absolute Gasteiger partial charge is 0.0322 e. The Balaban J connectivity index is 2.44. The van der Waals surface area contributed by atoms with Crippen LogP contribution in [0.4, 0.5) is 0 Å². The van der Waals surface area contributed by atoms with Gasteiger partial charge in [-0.2, -0.15) is 0 Å². The Morgan fingerprint density at radius 3 is 1.62 bits per heavy atom. The molecule has 1 aliphatic rings. The lowest BCUT2D eigenvalue weighted by molar-refractivity contribution is 0.380. The number of allylic oxidation sites excluding steroid dienone is 2. The highest BCUT2D eigenvalue weighted by Crippen LogP contribution is 2.23. The van der Waals surface area contributed by atoms with E-state index in [-0.39, 0.29) is 0 Å². The normalized spacial score (nSPS) is 37.8. The molecule has 0 bridgehead atoms. The van der Waals surface area contributed by atoms with E-state index in [0.29, 0.717) is 0 Å². The molecule has 0 heteroatoms. The summed E-state index contributed by atoms with van der Waals surface area (Å²) in [6.45, 7) is 4.66. The van der Waals surface area contributed by atoms with Gasteiger partial charge < -0.3 is 0 Å². The van der Waals surface area contributed by atoms with E-state index in [1.165, 1.54) is 12.8 Å². The summed E-state index contributed by atoms with van der Waals surface area (Å²) in [5, 5.41) is 0. The summed E-state index contributed by atoms with van der Waals surface area (Å²) < 4.78 is 0.